The lowest BCUT2D eigenvalue weighted by molar-refractivity contribution is -0.118. The molecule has 5 heteroatoms. The van der Waals surface area contributed by atoms with E-state index in [1.165, 1.54) is 0 Å². The summed E-state index contributed by atoms with van der Waals surface area (Å²) >= 11 is 0. The lowest BCUT2D eigenvalue weighted by atomic mass is 9.93. The summed E-state index contributed by atoms with van der Waals surface area (Å²) in [7, 11) is 1.70. The number of amides is 1. The summed E-state index contributed by atoms with van der Waals surface area (Å²) in [5.74, 6) is 2.38. The van der Waals surface area contributed by atoms with E-state index in [4.69, 9.17) is 14.2 Å². The molecular formula is C27H27NO4. The van der Waals surface area contributed by atoms with Crippen molar-refractivity contribution in [2.24, 2.45) is 0 Å². The third-order valence-electron chi connectivity index (χ3n) is 6.58. The van der Waals surface area contributed by atoms with Crippen molar-refractivity contribution in [2.45, 2.75) is 39.0 Å². The van der Waals surface area contributed by atoms with Crippen LogP contribution in [0.1, 0.15) is 35.1 Å². The Morgan fingerprint density at radius 1 is 0.906 bits per heavy atom. The van der Waals surface area contributed by atoms with E-state index in [1.54, 1.807) is 7.11 Å². The van der Waals surface area contributed by atoms with Gasteiger partial charge >= 0.3 is 0 Å². The summed E-state index contributed by atoms with van der Waals surface area (Å²) in [6, 6.07) is 16.2. The molecule has 0 saturated heterocycles. The van der Waals surface area contributed by atoms with Crippen LogP contribution in [-0.4, -0.2) is 19.8 Å². The molecule has 1 N–H and O–H groups in total. The molecule has 1 saturated carbocycles. The van der Waals surface area contributed by atoms with Crippen molar-refractivity contribution in [3.63, 3.8) is 0 Å². The van der Waals surface area contributed by atoms with Crippen molar-refractivity contribution in [3.05, 3.63) is 70.8 Å². The second-order valence-corrected chi connectivity index (χ2v) is 8.78. The zero-order valence-corrected chi connectivity index (χ0v) is 18.9. The largest absolute Gasteiger partial charge is 0.496 e. The van der Waals surface area contributed by atoms with Gasteiger partial charge < -0.3 is 19.5 Å². The highest BCUT2D eigenvalue weighted by molar-refractivity contribution is 6.02. The number of nitrogens with one attached hydrogen (secondary N) is 1. The third-order valence-corrected chi connectivity index (χ3v) is 6.58. The van der Waals surface area contributed by atoms with Gasteiger partial charge in [-0.25, -0.2) is 0 Å². The molecule has 2 aliphatic rings. The monoisotopic (exact) mass is 429 g/mol. The van der Waals surface area contributed by atoms with Gasteiger partial charge in [0.15, 0.2) is 11.5 Å². The molecule has 1 aliphatic heterocycles. The van der Waals surface area contributed by atoms with Gasteiger partial charge in [0.25, 0.3) is 0 Å². The normalized spacial score (nSPS) is 15.4. The molecule has 0 aromatic heterocycles. The van der Waals surface area contributed by atoms with Crippen LogP contribution in [0.4, 0.5) is 5.69 Å². The van der Waals surface area contributed by atoms with E-state index in [-0.39, 0.29) is 12.7 Å². The van der Waals surface area contributed by atoms with Crippen molar-refractivity contribution in [1.29, 1.82) is 0 Å². The second kappa shape index (κ2) is 7.59. The van der Waals surface area contributed by atoms with Gasteiger partial charge in [-0.05, 0) is 103 Å². The molecule has 3 aromatic rings. The molecule has 32 heavy (non-hydrogen) atoms. The number of anilines is 1. The van der Waals surface area contributed by atoms with Crippen LogP contribution < -0.4 is 19.5 Å². The Hall–Kier alpha value is -3.47. The quantitative estimate of drug-likeness (QED) is 0.566. The molecule has 1 amide bonds. The van der Waals surface area contributed by atoms with Crippen LogP contribution in [0.25, 0.3) is 11.1 Å². The highest BCUT2D eigenvalue weighted by Crippen LogP contribution is 2.51. The second-order valence-electron chi connectivity index (χ2n) is 8.78. The van der Waals surface area contributed by atoms with E-state index in [0.717, 1.165) is 63.4 Å². The van der Waals surface area contributed by atoms with Gasteiger partial charge in [0.05, 0.1) is 12.5 Å². The molecule has 164 valence electrons. The SMILES string of the molecule is COc1c(C)cc(-c2cc(NC(=O)C3(c4ccc5c(c4)OCO5)CC3)ccc2C)cc1C. The first kappa shape index (κ1) is 20.4. The molecule has 0 radical (unpaired) electrons. The van der Waals surface area contributed by atoms with E-state index in [1.807, 2.05) is 24.3 Å². The number of ether oxygens (including phenoxy) is 3. The third kappa shape index (κ3) is 3.38. The molecule has 5 nitrogen and oxygen atoms in total. The molecule has 5 rings (SSSR count). The molecule has 0 bridgehead atoms. The van der Waals surface area contributed by atoms with Gasteiger partial charge in [-0.3, -0.25) is 4.79 Å². The number of carbonyl (C=O) groups is 1. The van der Waals surface area contributed by atoms with Crippen LogP contribution in [-0.2, 0) is 10.2 Å². The lowest BCUT2D eigenvalue weighted by Gasteiger charge is -2.18. The van der Waals surface area contributed by atoms with E-state index in [2.05, 4.69) is 50.4 Å². The maximum absolute atomic E-state index is 13.3. The number of hydrogen-bond donors (Lipinski definition) is 1. The average molecular weight is 430 g/mol. The minimum absolute atomic E-state index is 0.0215. The predicted molar refractivity (Wildman–Crippen MR) is 125 cm³/mol. The van der Waals surface area contributed by atoms with Gasteiger partial charge in [-0.2, -0.15) is 0 Å². The van der Waals surface area contributed by atoms with Crippen LogP contribution in [0.15, 0.2) is 48.5 Å². The van der Waals surface area contributed by atoms with Gasteiger partial charge in [0.1, 0.15) is 5.75 Å². The van der Waals surface area contributed by atoms with Crippen molar-refractivity contribution in [1.82, 2.24) is 0 Å². The van der Waals surface area contributed by atoms with E-state index < -0.39 is 5.41 Å². The summed E-state index contributed by atoms with van der Waals surface area (Å²) in [4.78, 5) is 13.3. The number of methoxy groups -OCH3 is 1. The van der Waals surface area contributed by atoms with Crippen LogP contribution in [0.5, 0.6) is 17.2 Å². The zero-order valence-electron chi connectivity index (χ0n) is 18.9. The summed E-state index contributed by atoms with van der Waals surface area (Å²) in [6.45, 7) is 6.43. The van der Waals surface area contributed by atoms with E-state index >= 15 is 0 Å². The number of benzene rings is 3. The highest BCUT2D eigenvalue weighted by Gasteiger charge is 2.51. The number of hydrogen-bond acceptors (Lipinski definition) is 4. The number of rotatable bonds is 5. The summed E-state index contributed by atoms with van der Waals surface area (Å²) in [5.41, 5.74) is 6.84. The molecular weight excluding hydrogens is 402 g/mol. The predicted octanol–water partition coefficient (Wildman–Crippen LogP) is 5.69. The van der Waals surface area contributed by atoms with Crippen molar-refractivity contribution < 1.29 is 19.0 Å². The topological polar surface area (TPSA) is 56.8 Å². The Morgan fingerprint density at radius 3 is 2.31 bits per heavy atom. The van der Waals surface area contributed by atoms with Gasteiger partial charge in [-0.1, -0.05) is 12.1 Å². The Morgan fingerprint density at radius 2 is 1.62 bits per heavy atom. The van der Waals surface area contributed by atoms with Crippen LogP contribution in [0.3, 0.4) is 0 Å². The fourth-order valence-corrected chi connectivity index (χ4v) is 4.66. The Labute approximate surface area is 188 Å². The lowest BCUT2D eigenvalue weighted by Crippen LogP contribution is -2.27. The zero-order chi connectivity index (χ0) is 22.5. The molecule has 0 atom stereocenters. The van der Waals surface area contributed by atoms with Crippen molar-refractivity contribution >= 4 is 11.6 Å². The number of carbonyl (C=O) groups excluding carboxylic acids is 1. The van der Waals surface area contributed by atoms with E-state index in [9.17, 15) is 4.79 Å². The highest BCUT2D eigenvalue weighted by atomic mass is 16.7. The Kier molecular flexibility index (Phi) is 4.85. The molecule has 1 aliphatic carbocycles. The van der Waals surface area contributed by atoms with Crippen LogP contribution in [0.2, 0.25) is 0 Å². The molecule has 3 aromatic carbocycles. The Bertz CT molecular complexity index is 1200. The average Bonchev–Trinajstić information content (AvgIpc) is 3.45. The Balaban J connectivity index is 1.43. The first-order valence-corrected chi connectivity index (χ1v) is 10.9. The van der Waals surface area contributed by atoms with Crippen molar-refractivity contribution in [3.8, 4) is 28.4 Å². The smallest absolute Gasteiger partial charge is 0.235 e. The number of aryl methyl sites for hydroxylation is 3. The van der Waals surface area contributed by atoms with Gasteiger partial charge in [0, 0.05) is 5.69 Å². The first-order valence-electron chi connectivity index (χ1n) is 10.9. The van der Waals surface area contributed by atoms with Crippen LogP contribution >= 0.6 is 0 Å². The summed E-state index contributed by atoms with van der Waals surface area (Å²) in [5, 5.41) is 3.16. The van der Waals surface area contributed by atoms with Crippen LogP contribution in [0, 0.1) is 20.8 Å². The molecule has 0 spiro atoms. The standard InChI is InChI=1S/C27H27NO4/c1-16-5-7-21(14-22(16)19-11-17(2)25(30-4)18(3)12-19)28-26(29)27(9-10-27)20-6-8-23-24(13-20)32-15-31-23/h5-8,11-14H,9-10,15H2,1-4H3,(H,28,29). The molecule has 1 fully saturated rings. The minimum atomic E-state index is -0.501. The molecule has 1 heterocycles. The summed E-state index contributed by atoms with van der Waals surface area (Å²) in [6.07, 6.45) is 1.65. The number of fused-ring (bicyclic) bond motifs is 1. The van der Waals surface area contributed by atoms with Gasteiger partial charge in [-0.15, -0.1) is 0 Å². The fourth-order valence-electron chi connectivity index (χ4n) is 4.66. The molecule has 0 unspecified atom stereocenters. The minimum Gasteiger partial charge on any atom is -0.496 e. The first-order chi connectivity index (χ1) is 15.4. The van der Waals surface area contributed by atoms with Crippen molar-refractivity contribution in [2.75, 3.05) is 19.2 Å². The van der Waals surface area contributed by atoms with E-state index in [0.29, 0.717) is 5.75 Å². The summed E-state index contributed by atoms with van der Waals surface area (Å²) < 4.78 is 16.4. The maximum atomic E-state index is 13.3. The van der Waals surface area contributed by atoms with Gasteiger partial charge in [0.2, 0.25) is 12.7 Å². The fraction of sp³-hybridized carbons (Fsp3) is 0.296. The maximum Gasteiger partial charge on any atom is 0.235 e.